The van der Waals surface area contributed by atoms with Crippen molar-refractivity contribution in [2.24, 2.45) is 5.92 Å². The number of thiol groups is 1. The Hall–Kier alpha value is 0.700. The summed E-state index contributed by atoms with van der Waals surface area (Å²) in [5.41, 5.74) is 0. The van der Waals surface area contributed by atoms with Crippen LogP contribution in [0.5, 0.6) is 0 Å². The molecule has 0 heterocycles. The van der Waals surface area contributed by atoms with Crippen molar-refractivity contribution in [3.63, 3.8) is 0 Å². The molecule has 0 radical (unpaired) electrons. The van der Waals surface area contributed by atoms with Crippen molar-refractivity contribution >= 4 is 24.4 Å². The minimum atomic E-state index is 0.878. The van der Waals surface area contributed by atoms with Crippen LogP contribution in [0.2, 0.25) is 0 Å². The molecule has 0 nitrogen and oxygen atoms in total. The molecule has 0 amide bonds. The first-order chi connectivity index (χ1) is 6.83. The summed E-state index contributed by atoms with van der Waals surface area (Å²) in [5, 5.41) is 0.993. The van der Waals surface area contributed by atoms with E-state index in [1.807, 2.05) is 0 Å². The van der Waals surface area contributed by atoms with Gasteiger partial charge >= 0.3 is 0 Å². The molecule has 1 aliphatic carbocycles. The van der Waals surface area contributed by atoms with Crippen LogP contribution in [0.3, 0.4) is 0 Å². The summed E-state index contributed by atoms with van der Waals surface area (Å²) < 4.78 is 0. The lowest BCUT2D eigenvalue weighted by molar-refractivity contribution is 0.513. The Labute approximate surface area is 99.0 Å². The average molecular weight is 232 g/mol. The Morgan fingerprint density at radius 3 is 2.57 bits per heavy atom. The molecule has 0 aromatic carbocycles. The minimum absolute atomic E-state index is 0.878. The number of hydrogen-bond acceptors (Lipinski definition) is 2. The van der Waals surface area contributed by atoms with Gasteiger partial charge in [-0.15, -0.1) is 0 Å². The van der Waals surface area contributed by atoms with Gasteiger partial charge in [-0.1, -0.05) is 26.2 Å². The van der Waals surface area contributed by atoms with E-state index in [9.17, 15) is 0 Å². The SMILES string of the molecule is CC(CCS)CCSC1CCCCC1. The average Bonchev–Trinajstić information content (AvgIpc) is 2.20. The molecule has 1 unspecified atom stereocenters. The van der Waals surface area contributed by atoms with Crippen molar-refractivity contribution in [2.45, 2.75) is 57.1 Å². The van der Waals surface area contributed by atoms with E-state index in [-0.39, 0.29) is 0 Å². The van der Waals surface area contributed by atoms with E-state index in [0.717, 1.165) is 16.9 Å². The molecule has 1 rings (SSSR count). The van der Waals surface area contributed by atoms with Gasteiger partial charge in [0, 0.05) is 5.25 Å². The molecular formula is C12H24S2. The summed E-state index contributed by atoms with van der Waals surface area (Å²) in [4.78, 5) is 0. The number of thioether (sulfide) groups is 1. The molecule has 0 spiro atoms. The Balaban J connectivity index is 1.96. The molecule has 0 bridgehead atoms. The fourth-order valence-corrected chi connectivity index (χ4v) is 4.01. The van der Waals surface area contributed by atoms with Gasteiger partial charge in [0.1, 0.15) is 0 Å². The highest BCUT2D eigenvalue weighted by molar-refractivity contribution is 7.99. The first kappa shape index (κ1) is 12.8. The van der Waals surface area contributed by atoms with Crippen molar-refractivity contribution in [3.05, 3.63) is 0 Å². The fraction of sp³-hybridized carbons (Fsp3) is 1.00. The van der Waals surface area contributed by atoms with Gasteiger partial charge in [-0.25, -0.2) is 0 Å². The van der Waals surface area contributed by atoms with Crippen LogP contribution in [0.15, 0.2) is 0 Å². The smallest absolute Gasteiger partial charge is 0.00470 e. The lowest BCUT2D eigenvalue weighted by Gasteiger charge is -2.21. The second kappa shape index (κ2) is 7.92. The minimum Gasteiger partial charge on any atom is -0.179 e. The fourth-order valence-electron chi connectivity index (χ4n) is 2.03. The van der Waals surface area contributed by atoms with Crippen LogP contribution in [0.25, 0.3) is 0 Å². The Kier molecular flexibility index (Phi) is 7.23. The first-order valence-electron chi connectivity index (χ1n) is 6.05. The van der Waals surface area contributed by atoms with Crippen molar-refractivity contribution in [1.29, 1.82) is 0 Å². The molecule has 0 aromatic heterocycles. The molecule has 1 aliphatic rings. The lowest BCUT2D eigenvalue weighted by atomic mass is 10.0. The van der Waals surface area contributed by atoms with Crippen LogP contribution in [0.4, 0.5) is 0 Å². The zero-order chi connectivity index (χ0) is 10.2. The molecular weight excluding hydrogens is 208 g/mol. The van der Waals surface area contributed by atoms with E-state index in [4.69, 9.17) is 0 Å². The van der Waals surface area contributed by atoms with Gasteiger partial charge in [0.25, 0.3) is 0 Å². The molecule has 84 valence electrons. The molecule has 0 saturated heterocycles. The summed E-state index contributed by atoms with van der Waals surface area (Å²) in [6, 6.07) is 0. The molecule has 1 saturated carbocycles. The highest BCUT2D eigenvalue weighted by Crippen LogP contribution is 2.29. The van der Waals surface area contributed by atoms with E-state index in [1.54, 1.807) is 0 Å². The zero-order valence-electron chi connectivity index (χ0n) is 9.37. The molecule has 0 aromatic rings. The summed E-state index contributed by atoms with van der Waals surface area (Å²) in [6.45, 7) is 2.36. The Morgan fingerprint density at radius 2 is 1.93 bits per heavy atom. The van der Waals surface area contributed by atoms with Gasteiger partial charge in [-0.05, 0) is 43.1 Å². The van der Waals surface area contributed by atoms with Gasteiger partial charge in [0.15, 0.2) is 0 Å². The molecule has 2 heteroatoms. The predicted molar refractivity (Wildman–Crippen MR) is 71.6 cm³/mol. The topological polar surface area (TPSA) is 0 Å². The van der Waals surface area contributed by atoms with Gasteiger partial charge in [-0.3, -0.25) is 0 Å². The third-order valence-corrected chi connectivity index (χ3v) is 4.81. The third-order valence-electron chi connectivity index (χ3n) is 3.14. The van der Waals surface area contributed by atoms with E-state index in [2.05, 4.69) is 31.3 Å². The maximum atomic E-state index is 4.28. The summed E-state index contributed by atoms with van der Waals surface area (Å²) >= 11 is 6.50. The lowest BCUT2D eigenvalue weighted by Crippen LogP contribution is -2.09. The number of hydrogen-bond donors (Lipinski definition) is 1. The maximum absolute atomic E-state index is 4.28. The monoisotopic (exact) mass is 232 g/mol. The quantitative estimate of drug-likeness (QED) is 0.662. The predicted octanol–water partition coefficient (Wildman–Crippen LogP) is 4.40. The normalized spacial score (nSPS) is 21.0. The Bertz CT molecular complexity index is 130. The van der Waals surface area contributed by atoms with Crippen LogP contribution in [0, 0.1) is 5.92 Å². The van der Waals surface area contributed by atoms with Gasteiger partial charge < -0.3 is 0 Å². The van der Waals surface area contributed by atoms with Gasteiger partial charge in [0.2, 0.25) is 0 Å². The van der Waals surface area contributed by atoms with Gasteiger partial charge in [-0.2, -0.15) is 24.4 Å². The van der Waals surface area contributed by atoms with Crippen LogP contribution in [-0.2, 0) is 0 Å². The molecule has 1 fully saturated rings. The van der Waals surface area contributed by atoms with Crippen molar-refractivity contribution in [2.75, 3.05) is 11.5 Å². The molecule has 14 heavy (non-hydrogen) atoms. The maximum Gasteiger partial charge on any atom is 0.00470 e. The highest BCUT2D eigenvalue weighted by atomic mass is 32.2. The summed E-state index contributed by atoms with van der Waals surface area (Å²) in [7, 11) is 0. The van der Waals surface area contributed by atoms with Crippen LogP contribution in [0.1, 0.15) is 51.9 Å². The van der Waals surface area contributed by atoms with Crippen molar-refractivity contribution in [1.82, 2.24) is 0 Å². The molecule has 1 atom stereocenters. The third kappa shape index (κ3) is 5.55. The zero-order valence-corrected chi connectivity index (χ0v) is 11.1. The summed E-state index contributed by atoms with van der Waals surface area (Å²) in [5.74, 6) is 3.30. The van der Waals surface area contributed by atoms with Gasteiger partial charge in [0.05, 0.1) is 0 Å². The first-order valence-corrected chi connectivity index (χ1v) is 7.73. The molecule has 0 N–H and O–H groups in total. The van der Waals surface area contributed by atoms with Crippen LogP contribution >= 0.6 is 24.4 Å². The van der Waals surface area contributed by atoms with Crippen LogP contribution in [-0.4, -0.2) is 16.8 Å². The van der Waals surface area contributed by atoms with E-state index in [1.165, 1.54) is 50.7 Å². The van der Waals surface area contributed by atoms with E-state index >= 15 is 0 Å². The second-order valence-corrected chi connectivity index (χ2v) is 6.39. The highest BCUT2D eigenvalue weighted by Gasteiger charge is 2.13. The number of rotatable bonds is 6. The standard InChI is InChI=1S/C12H24S2/c1-11(7-9-13)8-10-14-12-5-3-2-4-6-12/h11-13H,2-10H2,1H3. The van der Waals surface area contributed by atoms with Crippen molar-refractivity contribution in [3.8, 4) is 0 Å². The summed E-state index contributed by atoms with van der Waals surface area (Å²) in [6.07, 6.45) is 10.1. The van der Waals surface area contributed by atoms with Crippen LogP contribution < -0.4 is 0 Å². The Morgan fingerprint density at radius 1 is 1.21 bits per heavy atom. The van der Waals surface area contributed by atoms with Crippen molar-refractivity contribution < 1.29 is 0 Å². The largest absolute Gasteiger partial charge is 0.179 e. The van der Waals surface area contributed by atoms with E-state index in [0.29, 0.717) is 0 Å². The second-order valence-electron chi connectivity index (χ2n) is 4.54. The molecule has 0 aliphatic heterocycles. The van der Waals surface area contributed by atoms with E-state index < -0.39 is 0 Å².